The largest absolute Gasteiger partial charge is 0.303 e. The van der Waals surface area contributed by atoms with Crippen LogP contribution in [-0.4, -0.2) is 6.29 Å². The van der Waals surface area contributed by atoms with E-state index in [-0.39, 0.29) is 0 Å². The van der Waals surface area contributed by atoms with E-state index in [2.05, 4.69) is 13.8 Å². The van der Waals surface area contributed by atoms with Crippen LogP contribution in [-0.2, 0) is 4.79 Å². The van der Waals surface area contributed by atoms with E-state index >= 15 is 0 Å². The highest BCUT2D eigenvalue weighted by atomic mass is 16.1. The SMILES string of the molecule is CCCCCCCCCCCCCCCC(C=O)CCCCCCCCCCCCCCC. The summed E-state index contributed by atoms with van der Waals surface area (Å²) in [5, 5.41) is 0. The molecule has 0 atom stereocenters. The van der Waals surface area contributed by atoms with Crippen molar-refractivity contribution in [2.45, 2.75) is 194 Å². The molecule has 0 bridgehead atoms. The van der Waals surface area contributed by atoms with Crippen LogP contribution < -0.4 is 0 Å². The van der Waals surface area contributed by atoms with Crippen LogP contribution in [0.15, 0.2) is 0 Å². The standard InChI is InChI=1S/C32H64O/c1-3-5-7-9-11-13-15-17-19-21-23-25-27-29-32(31-33)30-28-26-24-22-20-18-16-14-12-10-8-6-4-2/h31-32H,3-30H2,1-2H3. The van der Waals surface area contributed by atoms with Gasteiger partial charge in [0.2, 0.25) is 0 Å². The van der Waals surface area contributed by atoms with E-state index in [1.807, 2.05) is 0 Å². The molecule has 0 amide bonds. The lowest BCUT2D eigenvalue weighted by atomic mass is 9.95. The second kappa shape index (κ2) is 29.7. The van der Waals surface area contributed by atoms with Crippen molar-refractivity contribution >= 4 is 6.29 Å². The maximum atomic E-state index is 11.4. The molecule has 0 aromatic rings. The predicted molar refractivity (Wildman–Crippen MR) is 150 cm³/mol. The molecule has 0 fully saturated rings. The number of hydrogen-bond donors (Lipinski definition) is 0. The molecule has 0 rings (SSSR count). The molecule has 0 aromatic heterocycles. The zero-order chi connectivity index (χ0) is 24.1. The molecule has 0 spiro atoms. The first-order valence-corrected chi connectivity index (χ1v) is 15.8. The average molecular weight is 465 g/mol. The van der Waals surface area contributed by atoms with Gasteiger partial charge in [-0.15, -0.1) is 0 Å². The molecule has 0 aliphatic heterocycles. The lowest BCUT2D eigenvalue weighted by Crippen LogP contribution is -2.02. The first-order chi connectivity index (χ1) is 16.3. The van der Waals surface area contributed by atoms with Crippen molar-refractivity contribution in [3.8, 4) is 0 Å². The number of rotatable bonds is 29. The van der Waals surface area contributed by atoms with Gasteiger partial charge in [0.15, 0.2) is 0 Å². The first-order valence-electron chi connectivity index (χ1n) is 15.8. The van der Waals surface area contributed by atoms with Crippen LogP contribution in [0.3, 0.4) is 0 Å². The topological polar surface area (TPSA) is 17.1 Å². The van der Waals surface area contributed by atoms with Crippen LogP contribution in [0.4, 0.5) is 0 Å². The average Bonchev–Trinajstić information content (AvgIpc) is 2.83. The Balaban J connectivity index is 3.27. The highest BCUT2D eigenvalue weighted by molar-refractivity contribution is 5.53. The summed E-state index contributed by atoms with van der Waals surface area (Å²) in [4.78, 5) is 11.4. The van der Waals surface area contributed by atoms with Gasteiger partial charge < -0.3 is 4.79 Å². The number of carbonyl (C=O) groups is 1. The second-order valence-electron chi connectivity index (χ2n) is 11.0. The van der Waals surface area contributed by atoms with Gasteiger partial charge in [0, 0.05) is 5.92 Å². The number of unbranched alkanes of at least 4 members (excludes halogenated alkanes) is 24. The summed E-state index contributed by atoms with van der Waals surface area (Å²) in [7, 11) is 0. The Bertz CT molecular complexity index is 320. The lowest BCUT2D eigenvalue weighted by molar-refractivity contribution is -0.111. The minimum absolute atomic E-state index is 0.338. The zero-order valence-electron chi connectivity index (χ0n) is 23.4. The molecule has 198 valence electrons. The van der Waals surface area contributed by atoms with Crippen LogP contribution in [0.1, 0.15) is 194 Å². The molecular weight excluding hydrogens is 400 g/mol. The molecule has 0 aliphatic carbocycles. The van der Waals surface area contributed by atoms with Crippen LogP contribution in [0.2, 0.25) is 0 Å². The molecule has 0 saturated carbocycles. The fourth-order valence-corrected chi connectivity index (χ4v) is 5.13. The van der Waals surface area contributed by atoms with Crippen molar-refractivity contribution in [2.75, 3.05) is 0 Å². The van der Waals surface area contributed by atoms with E-state index in [0.29, 0.717) is 5.92 Å². The summed E-state index contributed by atoms with van der Waals surface area (Å²) >= 11 is 0. The summed E-state index contributed by atoms with van der Waals surface area (Å²) in [6.45, 7) is 4.58. The van der Waals surface area contributed by atoms with Gasteiger partial charge in [0.05, 0.1) is 0 Å². The van der Waals surface area contributed by atoms with Crippen molar-refractivity contribution in [1.29, 1.82) is 0 Å². The van der Waals surface area contributed by atoms with E-state index in [4.69, 9.17) is 0 Å². The Morgan fingerprint density at radius 1 is 0.364 bits per heavy atom. The van der Waals surface area contributed by atoms with Gasteiger partial charge in [-0.2, -0.15) is 0 Å². The molecule has 1 nitrogen and oxygen atoms in total. The van der Waals surface area contributed by atoms with E-state index in [0.717, 1.165) is 12.8 Å². The molecule has 0 aromatic carbocycles. The molecule has 33 heavy (non-hydrogen) atoms. The maximum absolute atomic E-state index is 11.4. The molecular formula is C32H64O. The van der Waals surface area contributed by atoms with Crippen molar-refractivity contribution in [2.24, 2.45) is 5.92 Å². The third-order valence-corrected chi connectivity index (χ3v) is 7.55. The van der Waals surface area contributed by atoms with Gasteiger partial charge in [-0.1, -0.05) is 181 Å². The Hall–Kier alpha value is -0.330. The van der Waals surface area contributed by atoms with Crippen molar-refractivity contribution in [3.05, 3.63) is 0 Å². The Labute approximate surface area is 210 Å². The monoisotopic (exact) mass is 464 g/mol. The normalized spacial score (nSPS) is 11.5. The van der Waals surface area contributed by atoms with Gasteiger partial charge in [-0.25, -0.2) is 0 Å². The number of carbonyl (C=O) groups excluding carboxylic acids is 1. The van der Waals surface area contributed by atoms with Crippen molar-refractivity contribution in [1.82, 2.24) is 0 Å². The Morgan fingerprint density at radius 3 is 0.788 bits per heavy atom. The summed E-state index contributed by atoms with van der Waals surface area (Å²) in [5.74, 6) is 0.338. The highest BCUT2D eigenvalue weighted by Gasteiger charge is 2.06. The third kappa shape index (κ3) is 27.8. The van der Waals surface area contributed by atoms with Gasteiger partial charge in [-0.3, -0.25) is 0 Å². The molecule has 0 aliphatic rings. The van der Waals surface area contributed by atoms with Gasteiger partial charge >= 0.3 is 0 Å². The van der Waals surface area contributed by atoms with Crippen LogP contribution in [0.25, 0.3) is 0 Å². The van der Waals surface area contributed by atoms with E-state index in [1.54, 1.807) is 0 Å². The number of aldehydes is 1. The summed E-state index contributed by atoms with van der Waals surface area (Å²) in [6, 6.07) is 0. The Kier molecular flexibility index (Phi) is 29.4. The fraction of sp³-hybridized carbons (Fsp3) is 0.969. The molecule has 0 unspecified atom stereocenters. The van der Waals surface area contributed by atoms with Crippen LogP contribution in [0, 0.1) is 5.92 Å². The van der Waals surface area contributed by atoms with Crippen molar-refractivity contribution < 1.29 is 4.79 Å². The summed E-state index contributed by atoms with van der Waals surface area (Å²) in [5.41, 5.74) is 0. The molecule has 0 heterocycles. The van der Waals surface area contributed by atoms with E-state index in [9.17, 15) is 4.79 Å². The predicted octanol–water partition coefficient (Wildman–Crippen LogP) is 11.8. The van der Waals surface area contributed by atoms with Gasteiger partial charge in [-0.05, 0) is 12.8 Å². The van der Waals surface area contributed by atoms with Gasteiger partial charge in [0.1, 0.15) is 6.29 Å². The molecule has 0 N–H and O–H groups in total. The first kappa shape index (κ1) is 32.7. The smallest absolute Gasteiger partial charge is 0.123 e. The lowest BCUT2D eigenvalue weighted by Gasteiger charge is -2.10. The minimum atomic E-state index is 0.338. The second-order valence-corrected chi connectivity index (χ2v) is 11.0. The third-order valence-electron chi connectivity index (χ3n) is 7.55. The van der Waals surface area contributed by atoms with E-state index < -0.39 is 0 Å². The van der Waals surface area contributed by atoms with Gasteiger partial charge in [0.25, 0.3) is 0 Å². The van der Waals surface area contributed by atoms with Crippen LogP contribution >= 0.6 is 0 Å². The quantitative estimate of drug-likeness (QED) is 0.0794. The molecule has 0 saturated heterocycles. The number of hydrogen-bond acceptors (Lipinski definition) is 1. The minimum Gasteiger partial charge on any atom is -0.303 e. The zero-order valence-corrected chi connectivity index (χ0v) is 23.4. The fourth-order valence-electron chi connectivity index (χ4n) is 5.13. The van der Waals surface area contributed by atoms with Crippen molar-refractivity contribution in [3.63, 3.8) is 0 Å². The highest BCUT2D eigenvalue weighted by Crippen LogP contribution is 2.19. The summed E-state index contributed by atoms with van der Waals surface area (Å²) < 4.78 is 0. The Morgan fingerprint density at radius 2 is 0.576 bits per heavy atom. The van der Waals surface area contributed by atoms with Crippen LogP contribution in [0.5, 0.6) is 0 Å². The van der Waals surface area contributed by atoms with E-state index in [1.165, 1.54) is 173 Å². The maximum Gasteiger partial charge on any atom is 0.123 e. The summed E-state index contributed by atoms with van der Waals surface area (Å²) in [6.07, 6.45) is 40.0. The molecule has 0 radical (unpaired) electrons. The molecule has 1 heteroatoms.